The Morgan fingerprint density at radius 1 is 1.48 bits per heavy atom. The average molecular weight is 315 g/mol. The Hall–Kier alpha value is -2.37. The van der Waals surface area contributed by atoms with Gasteiger partial charge < -0.3 is 14.2 Å². The molecular formula is C17H21N3O3. The second kappa shape index (κ2) is 6.40. The number of carbonyl (C=O) groups is 1. The van der Waals surface area contributed by atoms with Crippen molar-refractivity contribution in [3.05, 3.63) is 41.0 Å². The van der Waals surface area contributed by atoms with Crippen molar-refractivity contribution < 1.29 is 14.1 Å². The van der Waals surface area contributed by atoms with Gasteiger partial charge in [0.05, 0.1) is 19.6 Å². The van der Waals surface area contributed by atoms with Crippen LogP contribution in [0.3, 0.4) is 0 Å². The highest BCUT2D eigenvalue weighted by molar-refractivity contribution is 5.74. The molecule has 1 aliphatic rings. The van der Waals surface area contributed by atoms with Crippen LogP contribution < -0.4 is 4.74 Å². The minimum Gasteiger partial charge on any atom is -0.497 e. The van der Waals surface area contributed by atoms with Crippen molar-refractivity contribution in [1.29, 1.82) is 0 Å². The van der Waals surface area contributed by atoms with E-state index in [0.29, 0.717) is 18.1 Å². The van der Waals surface area contributed by atoms with E-state index in [1.807, 2.05) is 30.0 Å². The normalized spacial score (nSPS) is 17.5. The summed E-state index contributed by atoms with van der Waals surface area (Å²) in [5, 5.41) is 4.09. The first-order valence-corrected chi connectivity index (χ1v) is 7.81. The van der Waals surface area contributed by atoms with Crippen molar-refractivity contribution in [2.24, 2.45) is 0 Å². The summed E-state index contributed by atoms with van der Waals surface area (Å²) >= 11 is 0. The molecule has 6 nitrogen and oxygen atoms in total. The molecule has 1 atom stereocenters. The van der Waals surface area contributed by atoms with Crippen LogP contribution >= 0.6 is 0 Å². The first kappa shape index (κ1) is 15.5. The van der Waals surface area contributed by atoms with Crippen LogP contribution in [0.2, 0.25) is 0 Å². The molecule has 1 unspecified atom stereocenters. The molecule has 1 saturated heterocycles. The molecule has 6 heteroatoms. The van der Waals surface area contributed by atoms with Crippen molar-refractivity contribution in [1.82, 2.24) is 15.0 Å². The fourth-order valence-corrected chi connectivity index (χ4v) is 3.04. The van der Waals surface area contributed by atoms with Gasteiger partial charge in [0, 0.05) is 13.5 Å². The third kappa shape index (κ3) is 3.21. The standard InChI is InChI=1S/C17H21N3O3/c1-11-9-14(22-3)7-6-13(11)10-16-18-17(19-23-16)15-5-4-8-20(15)12(2)21/h6-7,9,15H,4-5,8,10H2,1-3H3. The van der Waals surface area contributed by atoms with Crippen LogP contribution in [0.4, 0.5) is 0 Å². The average Bonchev–Trinajstić information content (AvgIpc) is 3.17. The zero-order chi connectivity index (χ0) is 16.4. The van der Waals surface area contributed by atoms with E-state index in [0.717, 1.165) is 36.3 Å². The second-order valence-electron chi connectivity index (χ2n) is 5.89. The molecule has 0 spiro atoms. The number of rotatable bonds is 4. The predicted molar refractivity (Wildman–Crippen MR) is 84.2 cm³/mol. The molecule has 1 fully saturated rings. The Morgan fingerprint density at radius 3 is 3.00 bits per heavy atom. The van der Waals surface area contributed by atoms with Crippen LogP contribution in [0, 0.1) is 6.92 Å². The number of nitrogens with zero attached hydrogens (tertiary/aromatic N) is 3. The Kier molecular flexibility index (Phi) is 4.32. The number of amides is 1. The summed E-state index contributed by atoms with van der Waals surface area (Å²) in [5.74, 6) is 2.08. The lowest BCUT2D eigenvalue weighted by Gasteiger charge is -2.19. The molecule has 2 heterocycles. The van der Waals surface area contributed by atoms with E-state index in [2.05, 4.69) is 10.1 Å². The fraction of sp³-hybridized carbons (Fsp3) is 0.471. The summed E-state index contributed by atoms with van der Waals surface area (Å²) < 4.78 is 10.6. The van der Waals surface area contributed by atoms with Crippen molar-refractivity contribution in [3.8, 4) is 5.75 Å². The van der Waals surface area contributed by atoms with Crippen molar-refractivity contribution in [3.63, 3.8) is 0 Å². The van der Waals surface area contributed by atoms with Crippen LogP contribution in [0.15, 0.2) is 22.7 Å². The maximum Gasteiger partial charge on any atom is 0.231 e. The van der Waals surface area contributed by atoms with Gasteiger partial charge in [0.25, 0.3) is 0 Å². The van der Waals surface area contributed by atoms with E-state index < -0.39 is 0 Å². The van der Waals surface area contributed by atoms with E-state index in [1.54, 1.807) is 14.0 Å². The maximum absolute atomic E-state index is 11.7. The summed E-state index contributed by atoms with van der Waals surface area (Å²) in [6.45, 7) is 4.38. The first-order chi connectivity index (χ1) is 11.1. The second-order valence-corrected chi connectivity index (χ2v) is 5.89. The molecule has 1 amide bonds. The van der Waals surface area contributed by atoms with Crippen LogP contribution in [0.1, 0.15) is 48.6 Å². The SMILES string of the molecule is COc1ccc(Cc2nc(C3CCCN3C(C)=O)no2)c(C)c1. The van der Waals surface area contributed by atoms with Gasteiger partial charge in [0.2, 0.25) is 11.8 Å². The van der Waals surface area contributed by atoms with E-state index >= 15 is 0 Å². The summed E-state index contributed by atoms with van der Waals surface area (Å²) in [6, 6.07) is 5.87. The molecule has 0 bridgehead atoms. The molecule has 1 aromatic carbocycles. The number of hydrogen-bond donors (Lipinski definition) is 0. The number of carbonyl (C=O) groups excluding carboxylic acids is 1. The lowest BCUT2D eigenvalue weighted by atomic mass is 10.1. The highest BCUT2D eigenvalue weighted by Gasteiger charge is 2.31. The van der Waals surface area contributed by atoms with Crippen LogP contribution in [-0.2, 0) is 11.2 Å². The zero-order valence-corrected chi connectivity index (χ0v) is 13.7. The Morgan fingerprint density at radius 2 is 2.30 bits per heavy atom. The fourth-order valence-electron chi connectivity index (χ4n) is 3.04. The highest BCUT2D eigenvalue weighted by atomic mass is 16.5. The van der Waals surface area contributed by atoms with Gasteiger partial charge in [-0.1, -0.05) is 11.2 Å². The van der Waals surface area contributed by atoms with Gasteiger partial charge in [0.15, 0.2) is 5.82 Å². The third-order valence-corrected chi connectivity index (χ3v) is 4.33. The van der Waals surface area contributed by atoms with Gasteiger partial charge in [-0.25, -0.2) is 0 Å². The monoisotopic (exact) mass is 315 g/mol. The molecule has 2 aromatic rings. The molecular weight excluding hydrogens is 294 g/mol. The van der Waals surface area contributed by atoms with Gasteiger partial charge in [-0.15, -0.1) is 0 Å². The number of aromatic nitrogens is 2. The molecule has 0 N–H and O–H groups in total. The van der Waals surface area contributed by atoms with Crippen LogP contribution in [0.5, 0.6) is 5.75 Å². The lowest BCUT2D eigenvalue weighted by Crippen LogP contribution is -2.28. The van der Waals surface area contributed by atoms with Crippen molar-refractivity contribution in [2.75, 3.05) is 13.7 Å². The largest absolute Gasteiger partial charge is 0.497 e. The molecule has 122 valence electrons. The third-order valence-electron chi connectivity index (χ3n) is 4.33. The Bertz CT molecular complexity index is 711. The van der Waals surface area contributed by atoms with Crippen LogP contribution in [-0.4, -0.2) is 34.6 Å². The number of methoxy groups -OCH3 is 1. The Balaban J connectivity index is 1.76. The molecule has 1 aromatic heterocycles. The molecule has 0 aliphatic carbocycles. The number of aryl methyl sites for hydroxylation is 1. The van der Waals surface area contributed by atoms with Gasteiger partial charge in [0.1, 0.15) is 5.75 Å². The van der Waals surface area contributed by atoms with E-state index in [1.165, 1.54) is 0 Å². The quantitative estimate of drug-likeness (QED) is 0.867. The predicted octanol–water partition coefficient (Wildman–Crippen LogP) is 2.66. The molecule has 0 radical (unpaired) electrons. The summed E-state index contributed by atoms with van der Waals surface area (Å²) in [4.78, 5) is 18.0. The topological polar surface area (TPSA) is 68.5 Å². The zero-order valence-electron chi connectivity index (χ0n) is 13.7. The maximum atomic E-state index is 11.7. The lowest BCUT2D eigenvalue weighted by molar-refractivity contribution is -0.129. The van der Waals surface area contributed by atoms with Gasteiger partial charge in [-0.05, 0) is 43.0 Å². The molecule has 23 heavy (non-hydrogen) atoms. The minimum atomic E-state index is -0.0537. The van der Waals surface area contributed by atoms with Crippen LogP contribution in [0.25, 0.3) is 0 Å². The van der Waals surface area contributed by atoms with E-state index in [-0.39, 0.29) is 11.9 Å². The van der Waals surface area contributed by atoms with Gasteiger partial charge in [-0.2, -0.15) is 4.98 Å². The summed E-state index contributed by atoms with van der Waals surface area (Å²) in [5.41, 5.74) is 2.24. The molecule has 1 aliphatic heterocycles. The summed E-state index contributed by atoms with van der Waals surface area (Å²) in [6.07, 6.45) is 2.45. The molecule has 0 saturated carbocycles. The van der Waals surface area contributed by atoms with E-state index in [4.69, 9.17) is 9.26 Å². The number of ether oxygens (including phenoxy) is 1. The number of likely N-dealkylation sites (tertiary alicyclic amines) is 1. The van der Waals surface area contributed by atoms with Crippen molar-refractivity contribution >= 4 is 5.91 Å². The number of benzene rings is 1. The highest BCUT2D eigenvalue weighted by Crippen LogP contribution is 2.30. The smallest absolute Gasteiger partial charge is 0.231 e. The first-order valence-electron chi connectivity index (χ1n) is 7.81. The Labute approximate surface area is 135 Å². The minimum absolute atomic E-state index is 0.0537. The van der Waals surface area contributed by atoms with E-state index in [9.17, 15) is 4.79 Å². The van der Waals surface area contributed by atoms with Crippen molar-refractivity contribution in [2.45, 2.75) is 39.2 Å². The van der Waals surface area contributed by atoms with Gasteiger partial charge in [-0.3, -0.25) is 4.79 Å². The van der Waals surface area contributed by atoms with Gasteiger partial charge >= 0.3 is 0 Å². The molecule has 3 rings (SSSR count). The number of hydrogen-bond acceptors (Lipinski definition) is 5. The summed E-state index contributed by atoms with van der Waals surface area (Å²) in [7, 11) is 1.65.